The molecular weight excluding hydrogens is 492 g/mol. The van der Waals surface area contributed by atoms with Crippen LogP contribution >= 0.6 is 11.6 Å². The Bertz CT molecular complexity index is 1150. The van der Waals surface area contributed by atoms with Crippen molar-refractivity contribution >= 4 is 33.5 Å². The van der Waals surface area contributed by atoms with Crippen molar-refractivity contribution in [1.29, 1.82) is 0 Å². The Balaban J connectivity index is 1.55. The number of piperazine rings is 1. The fraction of sp³-hybridized carbons (Fsp3) is 0.440. The molecule has 2 aromatic carbocycles. The van der Waals surface area contributed by atoms with Crippen LogP contribution in [0.4, 0.5) is 0 Å². The molecule has 0 saturated carbocycles. The van der Waals surface area contributed by atoms with E-state index >= 15 is 0 Å². The second-order valence-electron chi connectivity index (χ2n) is 9.34. The predicted octanol–water partition coefficient (Wildman–Crippen LogP) is 4.15. The van der Waals surface area contributed by atoms with E-state index in [1.807, 2.05) is 13.8 Å². The van der Waals surface area contributed by atoms with Gasteiger partial charge in [0, 0.05) is 36.1 Å². The summed E-state index contributed by atoms with van der Waals surface area (Å²) in [6.07, 6.45) is 1.32. The van der Waals surface area contributed by atoms with E-state index in [-0.39, 0.29) is 29.5 Å². The highest BCUT2D eigenvalue weighted by molar-refractivity contribution is 7.89. The molecule has 1 saturated heterocycles. The monoisotopic (exact) mass is 522 g/mol. The summed E-state index contributed by atoms with van der Waals surface area (Å²) >= 11 is 5.88. The largest absolute Gasteiger partial charge is 0.494 e. The fourth-order valence-corrected chi connectivity index (χ4v) is 5.90. The smallest absolute Gasteiger partial charge is 0.335 e. The van der Waals surface area contributed by atoms with E-state index in [2.05, 4.69) is 0 Å². The summed E-state index contributed by atoms with van der Waals surface area (Å²) in [4.78, 5) is 26.1. The number of benzene rings is 2. The van der Waals surface area contributed by atoms with E-state index in [1.165, 1.54) is 28.6 Å². The van der Waals surface area contributed by atoms with Gasteiger partial charge in [-0.05, 0) is 68.3 Å². The maximum absolute atomic E-state index is 13.2. The molecule has 2 aromatic rings. The van der Waals surface area contributed by atoms with E-state index in [0.29, 0.717) is 31.0 Å². The van der Waals surface area contributed by atoms with Crippen LogP contribution < -0.4 is 4.74 Å². The Hall–Kier alpha value is -2.62. The quantitative estimate of drug-likeness (QED) is 0.496. The lowest BCUT2D eigenvalue weighted by atomic mass is 9.86. The SMILES string of the molecule is CC1CN(C(=O)C(C)(C)CCCOc2ccc(Cl)cc2)CCN1S(=O)(=O)c1ccc(C(=O)O)cc1. The number of halogens is 1. The highest BCUT2D eigenvalue weighted by Gasteiger charge is 2.39. The molecule has 0 bridgehead atoms. The third-order valence-electron chi connectivity index (χ3n) is 6.17. The number of ether oxygens (including phenoxy) is 1. The first-order chi connectivity index (χ1) is 16.4. The normalized spacial score (nSPS) is 17.3. The van der Waals surface area contributed by atoms with Gasteiger partial charge in [-0.3, -0.25) is 4.79 Å². The number of amides is 1. The second-order valence-corrected chi connectivity index (χ2v) is 11.7. The third-order valence-corrected chi connectivity index (χ3v) is 8.45. The maximum Gasteiger partial charge on any atom is 0.335 e. The van der Waals surface area contributed by atoms with Gasteiger partial charge in [0.25, 0.3) is 0 Å². The lowest BCUT2D eigenvalue weighted by molar-refractivity contribution is -0.143. The molecule has 10 heteroatoms. The summed E-state index contributed by atoms with van der Waals surface area (Å²) in [6.45, 7) is 6.80. The van der Waals surface area contributed by atoms with E-state index in [1.54, 1.807) is 36.1 Å². The zero-order chi connectivity index (χ0) is 25.8. The average Bonchev–Trinajstić information content (AvgIpc) is 2.82. The van der Waals surface area contributed by atoms with Crippen LogP contribution in [0.5, 0.6) is 5.75 Å². The van der Waals surface area contributed by atoms with Gasteiger partial charge < -0.3 is 14.7 Å². The minimum Gasteiger partial charge on any atom is -0.494 e. The van der Waals surface area contributed by atoms with E-state index < -0.39 is 27.4 Å². The van der Waals surface area contributed by atoms with Crippen molar-refractivity contribution in [3.63, 3.8) is 0 Å². The van der Waals surface area contributed by atoms with Crippen LogP contribution in [0.1, 0.15) is 44.0 Å². The van der Waals surface area contributed by atoms with Crippen LogP contribution in [0.15, 0.2) is 53.4 Å². The summed E-state index contributed by atoms with van der Waals surface area (Å²) in [7, 11) is -3.81. The first-order valence-corrected chi connectivity index (χ1v) is 13.3. The van der Waals surface area contributed by atoms with E-state index in [0.717, 1.165) is 5.75 Å². The molecule has 1 heterocycles. The fourth-order valence-electron chi connectivity index (χ4n) is 4.16. The number of carboxylic acids is 1. The minimum atomic E-state index is -3.81. The Morgan fingerprint density at radius 1 is 1.09 bits per heavy atom. The molecule has 1 aliphatic heterocycles. The molecule has 1 aliphatic rings. The number of carbonyl (C=O) groups is 2. The van der Waals surface area contributed by atoms with Crippen LogP contribution in [-0.2, 0) is 14.8 Å². The summed E-state index contributed by atoms with van der Waals surface area (Å²) in [6, 6.07) is 11.9. The van der Waals surface area contributed by atoms with Gasteiger partial charge in [-0.15, -0.1) is 0 Å². The summed E-state index contributed by atoms with van der Waals surface area (Å²) in [5.41, 5.74) is -0.593. The Morgan fingerprint density at radius 3 is 2.29 bits per heavy atom. The summed E-state index contributed by atoms with van der Waals surface area (Å²) in [5, 5.41) is 9.68. The molecule has 0 radical (unpaired) electrons. The van der Waals surface area contributed by atoms with E-state index in [9.17, 15) is 18.0 Å². The predicted molar refractivity (Wildman–Crippen MR) is 133 cm³/mol. The standard InChI is InChI=1S/C25H31ClN2O6S/c1-18-17-27(14-15-28(18)35(32,33)22-11-5-19(6-12-22)23(29)30)24(31)25(2,3)13-4-16-34-21-9-7-20(26)8-10-21/h5-12,18H,4,13-17H2,1-3H3,(H,29,30). The molecule has 1 unspecified atom stereocenters. The topological polar surface area (TPSA) is 104 Å². The molecule has 0 spiro atoms. The van der Waals surface area contributed by atoms with Gasteiger partial charge in [-0.1, -0.05) is 25.4 Å². The molecule has 8 nitrogen and oxygen atoms in total. The number of hydrogen-bond acceptors (Lipinski definition) is 5. The highest BCUT2D eigenvalue weighted by Crippen LogP contribution is 2.29. The van der Waals surface area contributed by atoms with Crippen molar-refractivity contribution in [2.75, 3.05) is 26.2 Å². The van der Waals surface area contributed by atoms with Crippen molar-refractivity contribution in [3.05, 3.63) is 59.1 Å². The molecule has 1 atom stereocenters. The molecular formula is C25H31ClN2O6S. The van der Waals surface area contributed by atoms with Gasteiger partial charge in [-0.25, -0.2) is 13.2 Å². The van der Waals surface area contributed by atoms with Gasteiger partial charge in [-0.2, -0.15) is 4.31 Å². The molecule has 1 fully saturated rings. The van der Waals surface area contributed by atoms with Crippen LogP contribution in [0.2, 0.25) is 5.02 Å². The van der Waals surface area contributed by atoms with Gasteiger partial charge in [0.15, 0.2) is 0 Å². The van der Waals surface area contributed by atoms with Gasteiger partial charge in [0.05, 0.1) is 17.1 Å². The van der Waals surface area contributed by atoms with Crippen molar-refractivity contribution < 1.29 is 27.9 Å². The molecule has 3 rings (SSSR count). The lowest BCUT2D eigenvalue weighted by Gasteiger charge is -2.41. The average molecular weight is 523 g/mol. The Labute approximate surface area is 211 Å². The number of hydrogen-bond donors (Lipinski definition) is 1. The number of rotatable bonds is 9. The lowest BCUT2D eigenvalue weighted by Crippen LogP contribution is -2.57. The van der Waals surface area contributed by atoms with Crippen LogP contribution in [0.25, 0.3) is 0 Å². The zero-order valence-corrected chi connectivity index (χ0v) is 21.7. The Kier molecular flexibility index (Phi) is 8.46. The molecule has 190 valence electrons. The maximum atomic E-state index is 13.2. The third kappa shape index (κ3) is 6.54. The minimum absolute atomic E-state index is 0.0151. The van der Waals surface area contributed by atoms with Crippen molar-refractivity contribution in [2.24, 2.45) is 5.41 Å². The molecule has 35 heavy (non-hydrogen) atoms. The first kappa shape index (κ1) is 27.0. The Morgan fingerprint density at radius 2 is 1.71 bits per heavy atom. The summed E-state index contributed by atoms with van der Waals surface area (Å²) < 4.78 is 33.3. The van der Waals surface area contributed by atoms with Crippen LogP contribution in [0, 0.1) is 5.41 Å². The van der Waals surface area contributed by atoms with Gasteiger partial charge in [0.2, 0.25) is 15.9 Å². The van der Waals surface area contributed by atoms with Crippen LogP contribution in [-0.4, -0.2) is 66.9 Å². The first-order valence-electron chi connectivity index (χ1n) is 11.4. The molecule has 1 amide bonds. The van der Waals surface area contributed by atoms with Crippen molar-refractivity contribution in [2.45, 2.75) is 44.6 Å². The second kappa shape index (κ2) is 11.0. The molecule has 0 aliphatic carbocycles. The molecule has 0 aromatic heterocycles. The zero-order valence-electron chi connectivity index (χ0n) is 20.1. The number of aromatic carboxylic acids is 1. The van der Waals surface area contributed by atoms with Crippen molar-refractivity contribution in [3.8, 4) is 5.75 Å². The number of sulfonamides is 1. The molecule has 1 N–H and O–H groups in total. The number of carbonyl (C=O) groups excluding carboxylic acids is 1. The van der Waals surface area contributed by atoms with Crippen LogP contribution in [0.3, 0.4) is 0 Å². The summed E-state index contributed by atoms with van der Waals surface area (Å²) in [5.74, 6) is -0.408. The van der Waals surface area contributed by atoms with Gasteiger partial charge >= 0.3 is 5.97 Å². The van der Waals surface area contributed by atoms with Crippen molar-refractivity contribution in [1.82, 2.24) is 9.21 Å². The highest BCUT2D eigenvalue weighted by atomic mass is 35.5. The number of nitrogens with zero attached hydrogens (tertiary/aromatic N) is 2. The number of carboxylic acid groups (broad SMARTS) is 1. The van der Waals surface area contributed by atoms with E-state index in [4.69, 9.17) is 21.4 Å². The van der Waals surface area contributed by atoms with Gasteiger partial charge in [0.1, 0.15) is 5.75 Å².